The molecule has 1 N–H and O–H groups in total. The highest BCUT2D eigenvalue weighted by molar-refractivity contribution is 5.85. The molecule has 1 heterocycles. The molecular weight excluding hydrogens is 389 g/mol. The first-order valence-corrected chi connectivity index (χ1v) is 7.98. The van der Waals surface area contributed by atoms with Crippen molar-refractivity contribution in [2.24, 2.45) is 0 Å². The average molecular weight is 409 g/mol. The Balaban J connectivity index is 0.00000338. The molecule has 1 aromatic carbocycles. The molecule has 0 saturated carbocycles. The lowest BCUT2D eigenvalue weighted by atomic mass is 9.92. The molecule has 0 unspecified atom stereocenters. The Hall–Kier alpha value is -1.06. The van der Waals surface area contributed by atoms with Crippen molar-refractivity contribution < 1.29 is 30.7 Å². The van der Waals surface area contributed by atoms with Gasteiger partial charge in [0, 0.05) is 37.8 Å². The van der Waals surface area contributed by atoms with Crippen LogP contribution in [-0.2, 0) is 12.4 Å². The van der Waals surface area contributed by atoms with Crippen LogP contribution in [0.3, 0.4) is 0 Å². The first-order chi connectivity index (χ1) is 11.6. The molecule has 1 aliphatic rings. The van der Waals surface area contributed by atoms with Gasteiger partial charge in [-0.25, -0.2) is 4.39 Å². The summed E-state index contributed by atoms with van der Waals surface area (Å²) in [6.07, 6.45) is -9.41. The Labute approximate surface area is 153 Å². The van der Waals surface area contributed by atoms with E-state index in [-0.39, 0.29) is 31.0 Å². The van der Waals surface area contributed by atoms with E-state index in [0.29, 0.717) is 32.6 Å². The molecule has 1 saturated heterocycles. The highest BCUT2D eigenvalue weighted by atomic mass is 35.5. The van der Waals surface area contributed by atoms with Crippen molar-refractivity contribution in [1.82, 2.24) is 10.2 Å². The van der Waals surface area contributed by atoms with Gasteiger partial charge in [0.1, 0.15) is 5.82 Å². The van der Waals surface area contributed by atoms with E-state index in [4.69, 9.17) is 0 Å². The molecule has 1 aliphatic heterocycles. The number of benzene rings is 1. The SMILES string of the molecule is CCC[C@H](c1c(F)cc(C(F)(F)F)cc1C(F)(F)F)N1CCNCC1.Cl. The van der Waals surface area contributed by atoms with E-state index in [2.05, 4.69) is 5.32 Å². The minimum Gasteiger partial charge on any atom is -0.314 e. The Bertz CT molecular complexity index is 595. The van der Waals surface area contributed by atoms with Crippen LogP contribution in [0.2, 0.25) is 0 Å². The molecule has 1 aromatic rings. The minimum absolute atomic E-state index is 0. The van der Waals surface area contributed by atoms with Crippen molar-refractivity contribution in [2.75, 3.05) is 26.2 Å². The molecule has 0 aromatic heterocycles. The second-order valence-electron chi connectivity index (χ2n) is 6.01. The summed E-state index contributed by atoms with van der Waals surface area (Å²) in [6, 6.07) is -0.732. The fourth-order valence-corrected chi connectivity index (χ4v) is 3.13. The fraction of sp³-hybridized carbons (Fsp3) is 0.625. The van der Waals surface area contributed by atoms with Gasteiger partial charge in [0.05, 0.1) is 11.1 Å². The second-order valence-corrected chi connectivity index (χ2v) is 6.01. The van der Waals surface area contributed by atoms with Crippen LogP contribution in [0.25, 0.3) is 0 Å². The molecule has 1 atom stereocenters. The van der Waals surface area contributed by atoms with E-state index in [1.165, 1.54) is 0 Å². The molecule has 2 rings (SSSR count). The summed E-state index contributed by atoms with van der Waals surface area (Å²) in [5.74, 6) is -1.46. The molecule has 0 bridgehead atoms. The Kier molecular flexibility index (Phi) is 7.74. The van der Waals surface area contributed by atoms with Gasteiger partial charge >= 0.3 is 12.4 Å². The van der Waals surface area contributed by atoms with Crippen LogP contribution in [0.15, 0.2) is 12.1 Å². The maximum atomic E-state index is 14.5. The normalized spacial score (nSPS) is 17.7. The summed E-state index contributed by atoms with van der Waals surface area (Å²) in [7, 11) is 0. The van der Waals surface area contributed by atoms with Crippen LogP contribution in [0.4, 0.5) is 30.7 Å². The van der Waals surface area contributed by atoms with E-state index >= 15 is 0 Å². The van der Waals surface area contributed by atoms with Crippen molar-refractivity contribution >= 4 is 12.4 Å². The van der Waals surface area contributed by atoms with Gasteiger partial charge in [-0.3, -0.25) is 4.90 Å². The van der Waals surface area contributed by atoms with Crippen molar-refractivity contribution in [2.45, 2.75) is 38.2 Å². The number of hydrogen-bond donors (Lipinski definition) is 1. The molecule has 0 spiro atoms. The first-order valence-electron chi connectivity index (χ1n) is 7.98. The summed E-state index contributed by atoms with van der Waals surface area (Å²) < 4.78 is 93.1. The van der Waals surface area contributed by atoms with Crippen LogP contribution >= 0.6 is 12.4 Å². The Morgan fingerprint density at radius 3 is 2.08 bits per heavy atom. The van der Waals surface area contributed by atoms with Gasteiger partial charge in [0.25, 0.3) is 0 Å². The lowest BCUT2D eigenvalue weighted by Gasteiger charge is -2.36. The van der Waals surface area contributed by atoms with Crippen LogP contribution in [0, 0.1) is 5.82 Å². The Morgan fingerprint density at radius 2 is 1.62 bits per heavy atom. The zero-order valence-corrected chi connectivity index (χ0v) is 14.8. The summed E-state index contributed by atoms with van der Waals surface area (Å²) >= 11 is 0. The molecular formula is C16H20ClF7N2. The average Bonchev–Trinajstić information content (AvgIpc) is 2.51. The smallest absolute Gasteiger partial charge is 0.314 e. The first kappa shape index (κ1) is 23.0. The van der Waals surface area contributed by atoms with Gasteiger partial charge in [-0.05, 0) is 18.6 Å². The summed E-state index contributed by atoms with van der Waals surface area (Å²) in [6.45, 7) is 3.61. The molecule has 26 heavy (non-hydrogen) atoms. The standard InChI is InChI=1S/C16H19F7N2.ClH/c1-2-3-13(25-6-4-24-5-7-25)14-11(16(21,22)23)8-10(9-12(14)17)15(18,19)20;/h8-9,13,24H,2-7H2,1H3;1H/t13-;/m1./s1. The highest BCUT2D eigenvalue weighted by Gasteiger charge is 2.42. The van der Waals surface area contributed by atoms with E-state index in [1.807, 2.05) is 0 Å². The summed E-state index contributed by atoms with van der Waals surface area (Å²) in [5.41, 5.74) is -3.86. The monoisotopic (exact) mass is 408 g/mol. The number of alkyl halides is 6. The van der Waals surface area contributed by atoms with Crippen molar-refractivity contribution in [3.8, 4) is 0 Å². The predicted molar refractivity (Wildman–Crippen MR) is 85.7 cm³/mol. The molecule has 10 heteroatoms. The van der Waals surface area contributed by atoms with Gasteiger partial charge in [-0.1, -0.05) is 13.3 Å². The van der Waals surface area contributed by atoms with E-state index in [1.54, 1.807) is 11.8 Å². The van der Waals surface area contributed by atoms with Crippen LogP contribution in [0.5, 0.6) is 0 Å². The quantitative estimate of drug-likeness (QED) is 0.703. The summed E-state index contributed by atoms with van der Waals surface area (Å²) in [4.78, 5) is 1.70. The zero-order chi connectivity index (χ0) is 18.8. The van der Waals surface area contributed by atoms with Gasteiger partial charge < -0.3 is 5.32 Å². The van der Waals surface area contributed by atoms with E-state index < -0.39 is 40.9 Å². The van der Waals surface area contributed by atoms with E-state index in [0.717, 1.165) is 0 Å². The molecule has 1 fully saturated rings. The number of nitrogens with zero attached hydrogens (tertiary/aromatic N) is 1. The third-order valence-electron chi connectivity index (χ3n) is 4.25. The van der Waals surface area contributed by atoms with Gasteiger partial charge in [0.15, 0.2) is 0 Å². The molecule has 0 radical (unpaired) electrons. The van der Waals surface area contributed by atoms with Crippen molar-refractivity contribution in [3.63, 3.8) is 0 Å². The maximum absolute atomic E-state index is 14.5. The third kappa shape index (κ3) is 5.23. The largest absolute Gasteiger partial charge is 0.416 e. The zero-order valence-electron chi connectivity index (χ0n) is 14.0. The molecule has 0 aliphatic carbocycles. The molecule has 150 valence electrons. The number of rotatable bonds is 4. The molecule has 0 amide bonds. The van der Waals surface area contributed by atoms with Crippen LogP contribution in [0.1, 0.15) is 42.5 Å². The minimum atomic E-state index is -5.07. The van der Waals surface area contributed by atoms with Crippen molar-refractivity contribution in [1.29, 1.82) is 0 Å². The van der Waals surface area contributed by atoms with Crippen molar-refractivity contribution in [3.05, 3.63) is 34.6 Å². The second kappa shape index (κ2) is 8.75. The van der Waals surface area contributed by atoms with E-state index in [9.17, 15) is 30.7 Å². The maximum Gasteiger partial charge on any atom is 0.416 e. The van der Waals surface area contributed by atoms with Gasteiger partial charge in [-0.2, -0.15) is 26.3 Å². The van der Waals surface area contributed by atoms with Crippen LogP contribution in [-0.4, -0.2) is 31.1 Å². The van der Waals surface area contributed by atoms with Gasteiger partial charge in [0.2, 0.25) is 0 Å². The van der Waals surface area contributed by atoms with Crippen LogP contribution < -0.4 is 5.32 Å². The van der Waals surface area contributed by atoms with Gasteiger partial charge in [-0.15, -0.1) is 12.4 Å². The third-order valence-corrected chi connectivity index (χ3v) is 4.25. The number of hydrogen-bond acceptors (Lipinski definition) is 2. The fourth-order valence-electron chi connectivity index (χ4n) is 3.13. The topological polar surface area (TPSA) is 15.3 Å². The summed E-state index contributed by atoms with van der Waals surface area (Å²) in [5, 5.41) is 3.05. The predicted octanol–water partition coefficient (Wildman–Crippen LogP) is 5.03. The lowest BCUT2D eigenvalue weighted by Crippen LogP contribution is -2.45. The number of piperazine rings is 1. The number of nitrogens with one attached hydrogen (secondary N) is 1. The highest BCUT2D eigenvalue weighted by Crippen LogP contribution is 2.42. The molecule has 2 nitrogen and oxygen atoms in total. The Morgan fingerprint density at radius 1 is 1.04 bits per heavy atom. The lowest BCUT2D eigenvalue weighted by molar-refractivity contribution is -0.144. The number of halogens is 8.